The summed E-state index contributed by atoms with van der Waals surface area (Å²) in [7, 11) is 0. The van der Waals surface area contributed by atoms with Gasteiger partial charge in [-0.25, -0.2) is 4.79 Å². The third-order valence-corrected chi connectivity index (χ3v) is 11.8. The van der Waals surface area contributed by atoms with Crippen LogP contribution in [0.1, 0.15) is 66.2 Å². The van der Waals surface area contributed by atoms with Crippen LogP contribution in [0.15, 0.2) is 23.3 Å². The minimum Gasteiger partial charge on any atom is -0.458 e. The second kappa shape index (κ2) is 7.43. The number of allylic oxidation sites excluding steroid dienone is 1. The number of ether oxygens (including phenoxy) is 2. The van der Waals surface area contributed by atoms with Gasteiger partial charge in [0.1, 0.15) is 17.8 Å². The Morgan fingerprint density at radius 2 is 1.97 bits per heavy atom. The van der Waals surface area contributed by atoms with Crippen LogP contribution in [0, 0.1) is 40.4 Å². The number of fused-ring (bicyclic) bond motifs is 4. The van der Waals surface area contributed by atoms with Crippen LogP contribution in [0.3, 0.4) is 0 Å². The number of esters is 1. The second-order valence-electron chi connectivity index (χ2n) is 12.5. The first kappa shape index (κ1) is 23.2. The van der Waals surface area contributed by atoms with Gasteiger partial charge in [0, 0.05) is 6.42 Å². The highest BCUT2D eigenvalue weighted by Crippen LogP contribution is 2.73. The summed E-state index contributed by atoms with van der Waals surface area (Å²) in [4.78, 5) is 25.9. The zero-order valence-corrected chi connectivity index (χ0v) is 21.4. The molecule has 1 spiro atoms. The van der Waals surface area contributed by atoms with Crippen molar-refractivity contribution in [1.29, 1.82) is 0 Å². The monoisotopic (exact) mass is 488 g/mol. The summed E-state index contributed by atoms with van der Waals surface area (Å²) >= 11 is 5.98. The second-order valence-corrected chi connectivity index (χ2v) is 12.8. The summed E-state index contributed by atoms with van der Waals surface area (Å²) in [5.74, 6) is 2.06. The molecule has 1 N–H and O–H groups in total. The van der Waals surface area contributed by atoms with Crippen molar-refractivity contribution in [2.45, 2.75) is 90.1 Å². The molecule has 4 aliphatic carbocycles. The predicted molar refractivity (Wildman–Crippen MR) is 128 cm³/mol. The maximum Gasteiger partial charge on any atom is 0.335 e. The third-order valence-electron chi connectivity index (χ3n) is 11.6. The van der Waals surface area contributed by atoms with Crippen molar-refractivity contribution in [3.05, 3.63) is 23.3 Å². The van der Waals surface area contributed by atoms with Gasteiger partial charge < -0.3 is 14.6 Å². The molecule has 0 unspecified atom stereocenters. The van der Waals surface area contributed by atoms with Gasteiger partial charge in [-0.05, 0) is 93.1 Å². The smallest absolute Gasteiger partial charge is 0.335 e. The number of hydrogen-bond donors (Lipinski definition) is 1. The van der Waals surface area contributed by atoms with E-state index in [2.05, 4.69) is 20.8 Å². The van der Waals surface area contributed by atoms with Gasteiger partial charge in [0.05, 0.1) is 23.0 Å². The molecule has 4 fully saturated rings. The Morgan fingerprint density at radius 3 is 2.68 bits per heavy atom. The van der Waals surface area contributed by atoms with Gasteiger partial charge in [-0.3, -0.25) is 4.79 Å². The number of epoxide rings is 1. The van der Waals surface area contributed by atoms with Crippen LogP contribution in [0.4, 0.5) is 0 Å². The maximum atomic E-state index is 13.3. The fourth-order valence-electron chi connectivity index (χ4n) is 9.66. The summed E-state index contributed by atoms with van der Waals surface area (Å²) in [6, 6.07) is 0. The van der Waals surface area contributed by atoms with Gasteiger partial charge in [0.15, 0.2) is 5.78 Å². The fraction of sp³-hybridized carbons (Fsp3) is 0.786. The van der Waals surface area contributed by atoms with Gasteiger partial charge >= 0.3 is 5.97 Å². The minimum absolute atomic E-state index is 0.0254. The molecular formula is C28H37ClO5. The molecule has 3 saturated carbocycles. The maximum absolute atomic E-state index is 13.3. The molecule has 11 atom stereocenters. The molecule has 6 heteroatoms. The van der Waals surface area contributed by atoms with Crippen molar-refractivity contribution < 1.29 is 24.2 Å². The highest BCUT2D eigenvalue weighted by atomic mass is 35.5. The number of ketones is 1. The quantitative estimate of drug-likeness (QED) is 0.357. The first-order chi connectivity index (χ1) is 16.1. The molecule has 1 saturated heterocycles. The molecular weight excluding hydrogens is 452 g/mol. The Balaban J connectivity index is 1.27. The number of halogens is 1. The van der Waals surface area contributed by atoms with Gasteiger partial charge in [0.2, 0.25) is 0 Å². The van der Waals surface area contributed by atoms with Crippen LogP contribution >= 0.6 is 11.6 Å². The normalized spacial score (nSPS) is 52.4. The lowest BCUT2D eigenvalue weighted by molar-refractivity contribution is -0.155. The third kappa shape index (κ3) is 2.70. The number of cyclic esters (lactones) is 1. The summed E-state index contributed by atoms with van der Waals surface area (Å²) in [6.45, 7) is 8.80. The standard InChI is InChI=1S/C28H37ClO5/c1-14-11-21(33-25(32)17(14)13-29)15(2)18-5-6-19-16-12-24-28(34-24)23(31)8-7-22(30)27(28,4)20(16)9-10-26(18,19)3/h7-8,15-16,18-21,23-24,31H,5-6,9-13H2,1-4H3/t15-,16-,18+,19-,20-,21+,23-,24+,26+,27-,28+/m0/s1. The lowest BCUT2D eigenvalue weighted by Gasteiger charge is -2.58. The van der Waals surface area contributed by atoms with E-state index >= 15 is 0 Å². The number of rotatable bonds is 3. The van der Waals surface area contributed by atoms with E-state index in [1.807, 2.05) is 6.92 Å². The van der Waals surface area contributed by atoms with Gasteiger partial charge in [-0.2, -0.15) is 0 Å². The topological polar surface area (TPSA) is 76.1 Å². The Kier molecular flexibility index (Phi) is 5.08. The Hall–Kier alpha value is -1.17. The van der Waals surface area contributed by atoms with Gasteiger partial charge in [-0.15, -0.1) is 11.6 Å². The summed E-state index contributed by atoms with van der Waals surface area (Å²) < 4.78 is 12.2. The van der Waals surface area contributed by atoms with Crippen LogP contribution in [0.5, 0.6) is 0 Å². The van der Waals surface area contributed by atoms with E-state index in [1.54, 1.807) is 12.2 Å². The van der Waals surface area contributed by atoms with E-state index in [4.69, 9.17) is 21.1 Å². The lowest BCUT2D eigenvalue weighted by atomic mass is 9.44. The van der Waals surface area contributed by atoms with Crippen LogP contribution in [-0.2, 0) is 19.1 Å². The first-order valence-corrected chi connectivity index (χ1v) is 13.7. The van der Waals surface area contributed by atoms with Crippen molar-refractivity contribution in [3.8, 4) is 0 Å². The SMILES string of the molecule is CC1=C(CCl)C(=O)O[C@@H]([C@@H](C)[C@H]2CC[C@H]3[C@@H]4C[C@H]5O[C@]56[C@@H](O)C=CC(=O)[C@]6(C)[C@H]4CC[C@]23C)C1. The highest BCUT2D eigenvalue weighted by molar-refractivity contribution is 6.22. The minimum atomic E-state index is -0.709. The molecule has 0 aromatic heterocycles. The molecule has 2 aliphatic heterocycles. The van der Waals surface area contributed by atoms with Crippen LogP contribution < -0.4 is 0 Å². The largest absolute Gasteiger partial charge is 0.458 e. The molecule has 0 aromatic rings. The molecule has 0 amide bonds. The van der Waals surface area contributed by atoms with Crippen LogP contribution in [0.25, 0.3) is 0 Å². The number of hydrogen-bond acceptors (Lipinski definition) is 5. The number of alkyl halides is 1. The molecule has 0 aromatic carbocycles. The van der Waals surface area contributed by atoms with Crippen molar-refractivity contribution in [2.24, 2.45) is 40.4 Å². The average Bonchev–Trinajstić information content (AvgIpc) is 3.43. The molecule has 0 radical (unpaired) electrons. The first-order valence-electron chi connectivity index (χ1n) is 13.1. The van der Waals surface area contributed by atoms with E-state index in [1.165, 1.54) is 0 Å². The number of aliphatic hydroxyl groups excluding tert-OH is 1. The van der Waals surface area contributed by atoms with E-state index in [-0.39, 0.29) is 47.1 Å². The Bertz CT molecular complexity index is 1000. The zero-order chi connectivity index (χ0) is 24.2. The molecule has 0 bridgehead atoms. The lowest BCUT2D eigenvalue weighted by Crippen LogP contribution is -2.63. The highest BCUT2D eigenvalue weighted by Gasteiger charge is 2.80. The number of carbonyl (C=O) groups excluding carboxylic acids is 2. The summed E-state index contributed by atoms with van der Waals surface area (Å²) in [6.07, 6.45) is 8.49. The predicted octanol–water partition coefficient (Wildman–Crippen LogP) is 4.60. The van der Waals surface area contributed by atoms with Crippen LogP contribution in [-0.4, -0.2) is 46.7 Å². The Labute approximate surface area is 207 Å². The zero-order valence-electron chi connectivity index (χ0n) is 20.7. The Morgan fingerprint density at radius 1 is 1.21 bits per heavy atom. The fourth-order valence-corrected chi connectivity index (χ4v) is 10.0. The molecule has 2 heterocycles. The molecule has 6 rings (SSSR count). The molecule has 5 nitrogen and oxygen atoms in total. The van der Waals surface area contributed by atoms with E-state index in [0.717, 1.165) is 44.1 Å². The van der Waals surface area contributed by atoms with Crippen molar-refractivity contribution >= 4 is 23.4 Å². The number of aliphatic hydroxyl groups is 1. The molecule has 186 valence electrons. The number of carbonyl (C=O) groups is 2. The van der Waals surface area contributed by atoms with E-state index in [9.17, 15) is 14.7 Å². The summed E-state index contributed by atoms with van der Waals surface area (Å²) in [5.41, 5.74) is 0.501. The van der Waals surface area contributed by atoms with Crippen molar-refractivity contribution in [1.82, 2.24) is 0 Å². The van der Waals surface area contributed by atoms with Gasteiger partial charge in [0.25, 0.3) is 0 Å². The summed E-state index contributed by atoms with van der Waals surface area (Å²) in [5, 5.41) is 10.8. The van der Waals surface area contributed by atoms with Gasteiger partial charge in [-0.1, -0.05) is 19.4 Å². The molecule has 6 aliphatic rings. The van der Waals surface area contributed by atoms with Crippen molar-refractivity contribution in [2.75, 3.05) is 5.88 Å². The van der Waals surface area contributed by atoms with Crippen molar-refractivity contribution in [3.63, 3.8) is 0 Å². The van der Waals surface area contributed by atoms with Crippen LogP contribution in [0.2, 0.25) is 0 Å². The van der Waals surface area contributed by atoms with E-state index < -0.39 is 17.1 Å². The van der Waals surface area contributed by atoms with E-state index in [0.29, 0.717) is 23.3 Å². The average molecular weight is 489 g/mol. The molecule has 34 heavy (non-hydrogen) atoms.